The maximum absolute atomic E-state index is 14.4. The minimum absolute atomic E-state index is 0.0373. The largest absolute Gasteiger partial charge is 0.396 e. The number of nitrogen functional groups attached to an aromatic ring is 2. The van der Waals surface area contributed by atoms with Crippen LogP contribution in [-0.2, 0) is 0 Å². The van der Waals surface area contributed by atoms with Crippen LogP contribution in [0.15, 0.2) is 35.0 Å². The van der Waals surface area contributed by atoms with Gasteiger partial charge in [-0.1, -0.05) is 12.1 Å². The molecule has 0 fully saturated rings. The molecule has 0 aliphatic heterocycles. The fourth-order valence-corrected chi connectivity index (χ4v) is 3.61. The first kappa shape index (κ1) is 13.1. The Hall–Kier alpha value is -1.92. The molecule has 3 aromatic rings. The molecule has 20 heavy (non-hydrogen) atoms. The average Bonchev–Trinajstić information content (AvgIpc) is 3.10. The fraction of sp³-hybridized carbons (Fsp3) is 0. The monoisotopic (exact) mass is 308 g/mol. The summed E-state index contributed by atoms with van der Waals surface area (Å²) in [4.78, 5) is 1.12. The Morgan fingerprint density at radius 1 is 0.750 bits per heavy atom. The summed E-state index contributed by atoms with van der Waals surface area (Å²) in [6.45, 7) is 0. The molecule has 0 bridgehead atoms. The number of nitrogens with two attached hydrogens (primary N) is 2. The van der Waals surface area contributed by atoms with Gasteiger partial charge in [0.1, 0.15) is 0 Å². The van der Waals surface area contributed by atoms with Gasteiger partial charge in [0.05, 0.1) is 22.5 Å². The quantitative estimate of drug-likeness (QED) is 0.680. The van der Waals surface area contributed by atoms with Gasteiger partial charge >= 0.3 is 0 Å². The van der Waals surface area contributed by atoms with E-state index in [1.165, 1.54) is 22.7 Å². The van der Waals surface area contributed by atoms with Crippen molar-refractivity contribution in [1.82, 2.24) is 0 Å². The van der Waals surface area contributed by atoms with Crippen LogP contribution in [0, 0.1) is 11.6 Å². The number of benzene rings is 1. The van der Waals surface area contributed by atoms with Gasteiger partial charge in [0.2, 0.25) is 0 Å². The molecule has 3 rings (SSSR count). The minimum atomic E-state index is -0.956. The lowest BCUT2D eigenvalue weighted by Crippen LogP contribution is -2.05. The van der Waals surface area contributed by atoms with E-state index < -0.39 is 11.6 Å². The molecule has 0 saturated heterocycles. The van der Waals surface area contributed by atoms with Gasteiger partial charge in [-0.05, 0) is 22.9 Å². The molecular weight excluding hydrogens is 298 g/mol. The molecule has 102 valence electrons. The summed E-state index contributed by atoms with van der Waals surface area (Å²) in [5.41, 5.74) is 12.1. The highest BCUT2D eigenvalue weighted by Crippen LogP contribution is 2.44. The highest BCUT2D eigenvalue weighted by Gasteiger charge is 2.24. The van der Waals surface area contributed by atoms with Crippen molar-refractivity contribution in [2.75, 3.05) is 11.5 Å². The Bertz CT molecular complexity index is 656. The predicted molar refractivity (Wildman–Crippen MR) is 81.8 cm³/mol. The Morgan fingerprint density at radius 3 is 1.45 bits per heavy atom. The van der Waals surface area contributed by atoms with E-state index in [9.17, 15) is 8.78 Å². The molecule has 0 unspecified atom stereocenters. The van der Waals surface area contributed by atoms with E-state index in [0.717, 1.165) is 0 Å². The molecule has 0 spiro atoms. The van der Waals surface area contributed by atoms with Crippen LogP contribution in [0.3, 0.4) is 0 Å². The Balaban J connectivity index is 2.33. The lowest BCUT2D eigenvalue weighted by Gasteiger charge is -2.14. The molecule has 0 aliphatic rings. The van der Waals surface area contributed by atoms with Gasteiger partial charge in [-0.25, -0.2) is 8.78 Å². The minimum Gasteiger partial charge on any atom is -0.396 e. The molecule has 0 amide bonds. The highest BCUT2D eigenvalue weighted by atomic mass is 32.1. The van der Waals surface area contributed by atoms with E-state index in [1.807, 2.05) is 0 Å². The molecule has 2 nitrogen and oxygen atoms in total. The van der Waals surface area contributed by atoms with Crippen LogP contribution in [-0.4, -0.2) is 0 Å². The van der Waals surface area contributed by atoms with Crippen molar-refractivity contribution < 1.29 is 8.78 Å². The fourth-order valence-electron chi connectivity index (χ4n) is 2.05. The molecule has 4 N–H and O–H groups in total. The van der Waals surface area contributed by atoms with E-state index in [-0.39, 0.29) is 22.5 Å². The zero-order valence-electron chi connectivity index (χ0n) is 10.2. The lowest BCUT2D eigenvalue weighted by molar-refractivity contribution is 0.515. The van der Waals surface area contributed by atoms with E-state index in [4.69, 9.17) is 11.5 Å². The van der Waals surface area contributed by atoms with Crippen molar-refractivity contribution in [1.29, 1.82) is 0 Å². The molecular formula is C14H10F2N2S2. The molecule has 0 radical (unpaired) electrons. The number of halogens is 2. The number of thiophene rings is 2. The van der Waals surface area contributed by atoms with Gasteiger partial charge in [0.15, 0.2) is 11.6 Å². The first-order chi connectivity index (χ1) is 9.61. The van der Waals surface area contributed by atoms with Crippen molar-refractivity contribution in [3.05, 3.63) is 46.7 Å². The lowest BCUT2D eigenvalue weighted by atomic mass is 10.0. The second-order valence-corrected chi connectivity index (χ2v) is 6.06. The van der Waals surface area contributed by atoms with E-state index in [0.29, 0.717) is 9.75 Å². The topological polar surface area (TPSA) is 52.0 Å². The SMILES string of the molecule is Nc1c(N)c(-c2cccs2)c(F)c(F)c1-c1cccs1. The van der Waals surface area contributed by atoms with Gasteiger partial charge in [0.25, 0.3) is 0 Å². The van der Waals surface area contributed by atoms with E-state index in [2.05, 4.69) is 0 Å². The molecule has 1 aromatic carbocycles. The standard InChI is InChI=1S/C14H10F2N2S2/c15-11-9(7-3-1-5-19-7)13(17)14(18)10(12(11)16)8-4-2-6-20-8/h1-6H,17-18H2. The zero-order valence-corrected chi connectivity index (χ0v) is 11.8. The third kappa shape index (κ3) is 1.88. The third-order valence-electron chi connectivity index (χ3n) is 3.00. The van der Waals surface area contributed by atoms with Gasteiger partial charge in [-0.15, -0.1) is 22.7 Å². The van der Waals surface area contributed by atoms with Crippen molar-refractivity contribution in [2.24, 2.45) is 0 Å². The van der Waals surface area contributed by atoms with Crippen molar-refractivity contribution >= 4 is 34.0 Å². The van der Waals surface area contributed by atoms with Crippen LogP contribution in [0.1, 0.15) is 0 Å². The summed E-state index contributed by atoms with van der Waals surface area (Å²) in [6.07, 6.45) is 0. The first-order valence-electron chi connectivity index (χ1n) is 5.75. The summed E-state index contributed by atoms with van der Waals surface area (Å²) < 4.78 is 28.7. The highest BCUT2D eigenvalue weighted by molar-refractivity contribution is 7.14. The number of rotatable bonds is 2. The van der Waals surface area contributed by atoms with Crippen LogP contribution in [0.25, 0.3) is 20.9 Å². The Labute approximate surface area is 122 Å². The molecule has 0 aliphatic carbocycles. The summed E-state index contributed by atoms with van der Waals surface area (Å²) >= 11 is 2.57. The second-order valence-electron chi connectivity index (χ2n) is 4.16. The molecule has 6 heteroatoms. The number of hydrogen-bond donors (Lipinski definition) is 2. The Kier molecular flexibility index (Phi) is 3.19. The van der Waals surface area contributed by atoms with Crippen molar-refractivity contribution in [3.8, 4) is 20.9 Å². The van der Waals surface area contributed by atoms with Gasteiger partial charge in [0, 0.05) is 9.75 Å². The Morgan fingerprint density at radius 2 is 1.15 bits per heavy atom. The summed E-state index contributed by atoms with van der Waals surface area (Å²) in [6, 6.07) is 6.87. The third-order valence-corrected chi connectivity index (χ3v) is 4.77. The van der Waals surface area contributed by atoms with Gasteiger partial charge < -0.3 is 11.5 Å². The normalized spacial score (nSPS) is 10.9. The molecule has 0 saturated carbocycles. The maximum Gasteiger partial charge on any atom is 0.170 e. The van der Waals surface area contributed by atoms with Crippen LogP contribution in [0.2, 0.25) is 0 Å². The molecule has 2 heterocycles. The van der Waals surface area contributed by atoms with Crippen LogP contribution < -0.4 is 11.5 Å². The maximum atomic E-state index is 14.4. The predicted octanol–water partition coefficient (Wildman–Crippen LogP) is 4.59. The van der Waals surface area contributed by atoms with Crippen LogP contribution in [0.5, 0.6) is 0 Å². The molecule has 0 atom stereocenters. The van der Waals surface area contributed by atoms with Crippen molar-refractivity contribution in [2.45, 2.75) is 0 Å². The van der Waals surface area contributed by atoms with Gasteiger partial charge in [-0.3, -0.25) is 0 Å². The molecule has 2 aromatic heterocycles. The van der Waals surface area contributed by atoms with Crippen LogP contribution >= 0.6 is 22.7 Å². The second kappa shape index (κ2) is 4.88. The first-order valence-corrected chi connectivity index (χ1v) is 7.50. The van der Waals surface area contributed by atoms with E-state index in [1.54, 1.807) is 35.0 Å². The zero-order chi connectivity index (χ0) is 14.3. The summed E-state index contributed by atoms with van der Waals surface area (Å²) in [5.74, 6) is -1.91. The summed E-state index contributed by atoms with van der Waals surface area (Å²) in [7, 11) is 0. The van der Waals surface area contributed by atoms with Crippen molar-refractivity contribution in [3.63, 3.8) is 0 Å². The van der Waals surface area contributed by atoms with E-state index >= 15 is 0 Å². The number of anilines is 2. The average molecular weight is 308 g/mol. The smallest absolute Gasteiger partial charge is 0.170 e. The summed E-state index contributed by atoms with van der Waals surface area (Å²) in [5, 5.41) is 3.55. The number of hydrogen-bond acceptors (Lipinski definition) is 4. The van der Waals surface area contributed by atoms with Gasteiger partial charge in [-0.2, -0.15) is 0 Å². The van der Waals surface area contributed by atoms with Crippen LogP contribution in [0.4, 0.5) is 20.2 Å².